The van der Waals surface area contributed by atoms with Crippen LogP contribution in [0.25, 0.3) is 0 Å². The summed E-state index contributed by atoms with van der Waals surface area (Å²) in [6.07, 6.45) is 2.41. The number of nitrogens with one attached hydrogen (secondary N) is 2. The van der Waals surface area contributed by atoms with Gasteiger partial charge in [0, 0.05) is 25.7 Å². The van der Waals surface area contributed by atoms with Crippen LogP contribution in [0.3, 0.4) is 0 Å². The maximum atomic E-state index is 13.2. The number of hydrogen-bond acceptors (Lipinski definition) is 3. The molecule has 2 rings (SSSR count). The van der Waals surface area contributed by atoms with Crippen LogP contribution in [-0.2, 0) is 0 Å². The summed E-state index contributed by atoms with van der Waals surface area (Å²) in [7, 11) is 0. The Kier molecular flexibility index (Phi) is 8.68. The number of guanidine groups is 1. The van der Waals surface area contributed by atoms with E-state index in [1.807, 2.05) is 6.92 Å². The summed E-state index contributed by atoms with van der Waals surface area (Å²) >= 11 is 0. The van der Waals surface area contributed by atoms with Crippen molar-refractivity contribution >= 4 is 5.96 Å². The number of hydrogen-bond donors (Lipinski definition) is 2. The highest BCUT2D eigenvalue weighted by Crippen LogP contribution is 2.15. The molecular weight excluding hydrogens is 331 g/mol. The molecule has 5 nitrogen and oxygen atoms in total. The van der Waals surface area contributed by atoms with Gasteiger partial charge in [0.2, 0.25) is 0 Å². The van der Waals surface area contributed by atoms with Gasteiger partial charge in [0.25, 0.3) is 0 Å². The van der Waals surface area contributed by atoms with E-state index in [0.717, 1.165) is 32.1 Å². The van der Waals surface area contributed by atoms with Crippen LogP contribution in [-0.4, -0.2) is 56.2 Å². The highest BCUT2D eigenvalue weighted by molar-refractivity contribution is 5.79. The van der Waals surface area contributed by atoms with Crippen LogP contribution in [0.1, 0.15) is 33.6 Å². The molecule has 0 spiro atoms. The van der Waals surface area contributed by atoms with Gasteiger partial charge in [-0.2, -0.15) is 0 Å². The van der Waals surface area contributed by atoms with Crippen LogP contribution in [0.2, 0.25) is 0 Å². The van der Waals surface area contributed by atoms with E-state index in [1.165, 1.54) is 31.5 Å². The first-order valence-electron chi connectivity index (χ1n) is 9.77. The quantitative estimate of drug-likeness (QED) is 0.550. The summed E-state index contributed by atoms with van der Waals surface area (Å²) in [5, 5.41) is 6.75. The van der Waals surface area contributed by atoms with Crippen LogP contribution in [0, 0.1) is 11.7 Å². The molecule has 2 N–H and O–H groups in total. The monoisotopic (exact) mass is 364 g/mol. The van der Waals surface area contributed by atoms with Gasteiger partial charge in [-0.1, -0.05) is 13.0 Å². The van der Waals surface area contributed by atoms with Gasteiger partial charge in [-0.3, -0.25) is 0 Å². The van der Waals surface area contributed by atoms with Crippen LogP contribution in [0.15, 0.2) is 29.3 Å². The lowest BCUT2D eigenvalue weighted by molar-refractivity contribution is 0.183. The van der Waals surface area contributed by atoms with Crippen molar-refractivity contribution in [2.24, 2.45) is 10.9 Å². The molecule has 2 unspecified atom stereocenters. The lowest BCUT2D eigenvalue weighted by Crippen LogP contribution is -2.44. The Bertz CT molecular complexity index is 566. The van der Waals surface area contributed by atoms with Crippen LogP contribution in [0.4, 0.5) is 4.39 Å². The zero-order chi connectivity index (χ0) is 18.8. The summed E-state index contributed by atoms with van der Waals surface area (Å²) < 4.78 is 19.0. The summed E-state index contributed by atoms with van der Waals surface area (Å²) in [6.45, 7) is 12.0. The van der Waals surface area contributed by atoms with Crippen LogP contribution in [0.5, 0.6) is 5.75 Å². The number of nitrogens with zero attached hydrogens (tertiary/aromatic N) is 2. The van der Waals surface area contributed by atoms with E-state index in [9.17, 15) is 4.39 Å². The SMILES string of the molecule is CCNC(=NCC(C)Oc1cccc(F)c1)NCC1CCCN(CC)C1. The summed E-state index contributed by atoms with van der Waals surface area (Å²) in [6, 6.07) is 6.21. The molecule has 1 fully saturated rings. The van der Waals surface area contributed by atoms with Gasteiger partial charge in [-0.15, -0.1) is 0 Å². The standard InChI is InChI=1S/C20H33FN4O/c1-4-22-20(24-14-17-8-7-11-25(5-2)15-17)23-13-16(3)26-19-10-6-9-18(21)12-19/h6,9-10,12,16-17H,4-5,7-8,11,13-15H2,1-3H3,(H2,22,23,24). The van der Waals surface area contributed by atoms with Gasteiger partial charge in [-0.25, -0.2) is 9.38 Å². The van der Waals surface area contributed by atoms with Crippen molar-refractivity contribution in [3.8, 4) is 5.75 Å². The molecule has 1 aromatic carbocycles. The molecule has 0 amide bonds. The van der Waals surface area contributed by atoms with Gasteiger partial charge in [0.15, 0.2) is 5.96 Å². The van der Waals surface area contributed by atoms with E-state index in [2.05, 4.69) is 34.4 Å². The first-order chi connectivity index (χ1) is 12.6. The van der Waals surface area contributed by atoms with Crippen molar-refractivity contribution in [3.05, 3.63) is 30.1 Å². The second kappa shape index (κ2) is 11.0. The molecule has 0 aliphatic carbocycles. The minimum absolute atomic E-state index is 0.127. The van der Waals surface area contributed by atoms with Gasteiger partial charge in [0.1, 0.15) is 17.7 Å². The third-order valence-electron chi connectivity index (χ3n) is 4.59. The molecule has 1 heterocycles. The molecule has 2 atom stereocenters. The predicted octanol–water partition coefficient (Wildman–Crippen LogP) is 2.88. The number of rotatable bonds is 8. The maximum Gasteiger partial charge on any atom is 0.191 e. The number of likely N-dealkylation sites (tertiary alicyclic amines) is 1. The van der Waals surface area contributed by atoms with Crippen molar-refractivity contribution in [1.82, 2.24) is 15.5 Å². The Labute approximate surface area is 157 Å². The van der Waals surface area contributed by atoms with Crippen molar-refractivity contribution in [3.63, 3.8) is 0 Å². The Balaban J connectivity index is 1.81. The van der Waals surface area contributed by atoms with E-state index in [-0.39, 0.29) is 11.9 Å². The molecule has 0 radical (unpaired) electrons. The molecule has 1 aliphatic rings. The van der Waals surface area contributed by atoms with E-state index < -0.39 is 0 Å². The minimum Gasteiger partial charge on any atom is -0.489 e. The fourth-order valence-corrected chi connectivity index (χ4v) is 3.22. The largest absolute Gasteiger partial charge is 0.489 e. The highest BCUT2D eigenvalue weighted by atomic mass is 19.1. The van der Waals surface area contributed by atoms with Crippen molar-refractivity contribution < 1.29 is 9.13 Å². The molecule has 1 aromatic rings. The number of ether oxygens (including phenoxy) is 1. The fraction of sp³-hybridized carbons (Fsp3) is 0.650. The van der Waals surface area contributed by atoms with Crippen molar-refractivity contribution in [2.75, 3.05) is 39.3 Å². The third-order valence-corrected chi connectivity index (χ3v) is 4.59. The molecule has 0 aromatic heterocycles. The zero-order valence-corrected chi connectivity index (χ0v) is 16.3. The maximum absolute atomic E-state index is 13.2. The first kappa shape index (κ1) is 20.5. The predicted molar refractivity (Wildman–Crippen MR) is 105 cm³/mol. The summed E-state index contributed by atoms with van der Waals surface area (Å²) in [4.78, 5) is 7.13. The van der Waals surface area contributed by atoms with Gasteiger partial charge in [0.05, 0.1) is 6.54 Å². The Morgan fingerprint density at radius 2 is 2.23 bits per heavy atom. The average molecular weight is 365 g/mol. The molecule has 0 saturated carbocycles. The number of piperidine rings is 1. The molecule has 1 saturated heterocycles. The van der Waals surface area contributed by atoms with Gasteiger partial charge in [-0.05, 0) is 57.8 Å². The molecule has 146 valence electrons. The Morgan fingerprint density at radius 1 is 1.38 bits per heavy atom. The number of halogens is 1. The van der Waals surface area contributed by atoms with Crippen LogP contribution >= 0.6 is 0 Å². The Hall–Kier alpha value is -1.82. The normalized spacial score (nSPS) is 19.8. The van der Waals surface area contributed by atoms with Crippen LogP contribution < -0.4 is 15.4 Å². The summed E-state index contributed by atoms with van der Waals surface area (Å²) in [5.41, 5.74) is 0. The lowest BCUT2D eigenvalue weighted by Gasteiger charge is -2.32. The van der Waals surface area contributed by atoms with Crippen molar-refractivity contribution in [1.29, 1.82) is 0 Å². The third kappa shape index (κ3) is 7.20. The smallest absolute Gasteiger partial charge is 0.191 e. The molecule has 1 aliphatic heterocycles. The number of benzene rings is 1. The van der Waals surface area contributed by atoms with Crippen molar-refractivity contribution in [2.45, 2.75) is 39.7 Å². The fourth-order valence-electron chi connectivity index (χ4n) is 3.22. The second-order valence-electron chi connectivity index (χ2n) is 6.89. The molecule has 26 heavy (non-hydrogen) atoms. The lowest BCUT2D eigenvalue weighted by atomic mass is 9.98. The average Bonchev–Trinajstić information content (AvgIpc) is 2.64. The molecule has 0 bridgehead atoms. The topological polar surface area (TPSA) is 48.9 Å². The highest BCUT2D eigenvalue weighted by Gasteiger charge is 2.18. The molecule has 6 heteroatoms. The first-order valence-corrected chi connectivity index (χ1v) is 9.77. The molecular formula is C20H33FN4O. The zero-order valence-electron chi connectivity index (χ0n) is 16.3. The van der Waals surface area contributed by atoms with E-state index in [1.54, 1.807) is 12.1 Å². The second-order valence-corrected chi connectivity index (χ2v) is 6.89. The summed E-state index contributed by atoms with van der Waals surface area (Å²) in [5.74, 6) is 1.72. The van der Waals surface area contributed by atoms with E-state index in [4.69, 9.17) is 4.74 Å². The van der Waals surface area contributed by atoms with Gasteiger partial charge >= 0.3 is 0 Å². The Morgan fingerprint density at radius 3 is 2.96 bits per heavy atom. The van der Waals surface area contributed by atoms with E-state index >= 15 is 0 Å². The minimum atomic E-state index is -0.290. The number of aliphatic imine (C=N–C) groups is 1. The van der Waals surface area contributed by atoms with Gasteiger partial charge < -0.3 is 20.3 Å². The van der Waals surface area contributed by atoms with E-state index in [0.29, 0.717) is 18.2 Å².